The van der Waals surface area contributed by atoms with Crippen molar-refractivity contribution in [3.05, 3.63) is 54.3 Å². The van der Waals surface area contributed by atoms with Gasteiger partial charge in [0.05, 0.1) is 13.7 Å². The van der Waals surface area contributed by atoms with E-state index in [0.717, 1.165) is 28.2 Å². The molecule has 0 spiro atoms. The fraction of sp³-hybridized carbons (Fsp3) is 0.176. The van der Waals surface area contributed by atoms with E-state index >= 15 is 0 Å². The molecule has 0 amide bonds. The van der Waals surface area contributed by atoms with Gasteiger partial charge < -0.3 is 14.5 Å². The minimum absolute atomic E-state index is 0.648. The van der Waals surface area contributed by atoms with Crippen molar-refractivity contribution in [3.63, 3.8) is 0 Å². The first-order valence-corrected chi connectivity index (χ1v) is 7.96. The van der Waals surface area contributed by atoms with Gasteiger partial charge in [-0.15, -0.1) is 11.8 Å². The zero-order chi connectivity index (χ0) is 14.7. The fourth-order valence-electron chi connectivity index (χ4n) is 2.31. The summed E-state index contributed by atoms with van der Waals surface area (Å²) in [6.45, 7) is 0.648. The summed E-state index contributed by atoms with van der Waals surface area (Å²) in [6, 6.07) is 16.2. The molecule has 0 aliphatic heterocycles. The fourth-order valence-corrected chi connectivity index (χ4v) is 2.89. The molecule has 0 unspecified atom stereocenters. The van der Waals surface area contributed by atoms with E-state index in [4.69, 9.17) is 9.15 Å². The lowest BCUT2D eigenvalue weighted by Gasteiger charge is -2.08. The molecule has 0 bridgehead atoms. The van der Waals surface area contributed by atoms with Gasteiger partial charge >= 0.3 is 0 Å². The molecule has 3 nitrogen and oxygen atoms in total. The number of hydrogen-bond donors (Lipinski definition) is 1. The van der Waals surface area contributed by atoms with Crippen molar-refractivity contribution in [3.8, 4) is 5.75 Å². The first-order chi connectivity index (χ1) is 10.3. The van der Waals surface area contributed by atoms with Crippen LogP contribution in [-0.4, -0.2) is 13.4 Å². The molecule has 2 aromatic carbocycles. The van der Waals surface area contributed by atoms with E-state index in [2.05, 4.69) is 23.7 Å². The maximum atomic E-state index is 5.89. The number of methoxy groups -OCH3 is 1. The van der Waals surface area contributed by atoms with Gasteiger partial charge in [0.2, 0.25) is 0 Å². The Kier molecular flexibility index (Phi) is 4.06. The van der Waals surface area contributed by atoms with Gasteiger partial charge in [-0.3, -0.25) is 0 Å². The van der Waals surface area contributed by atoms with E-state index in [0.29, 0.717) is 6.54 Å². The van der Waals surface area contributed by atoms with Crippen LogP contribution in [0.3, 0.4) is 0 Å². The van der Waals surface area contributed by atoms with Gasteiger partial charge in [0.15, 0.2) is 11.3 Å². The Hall–Kier alpha value is -2.07. The van der Waals surface area contributed by atoms with Crippen molar-refractivity contribution in [2.24, 2.45) is 0 Å². The maximum Gasteiger partial charge on any atom is 0.176 e. The predicted molar refractivity (Wildman–Crippen MR) is 88.3 cm³/mol. The number of para-hydroxylation sites is 2. The topological polar surface area (TPSA) is 34.4 Å². The lowest BCUT2D eigenvalue weighted by Crippen LogP contribution is -1.99. The molecule has 3 aromatic rings. The van der Waals surface area contributed by atoms with Crippen molar-refractivity contribution in [2.45, 2.75) is 11.4 Å². The molecule has 1 aromatic heterocycles. The van der Waals surface area contributed by atoms with Crippen molar-refractivity contribution >= 4 is 28.4 Å². The van der Waals surface area contributed by atoms with Crippen LogP contribution < -0.4 is 10.1 Å². The summed E-state index contributed by atoms with van der Waals surface area (Å²) in [5.74, 6) is 1.66. The maximum absolute atomic E-state index is 5.89. The van der Waals surface area contributed by atoms with Gasteiger partial charge in [-0.2, -0.15) is 0 Å². The standard InChI is InChI=1S/C17H17NO2S/c1-19-15-8-5-6-12-10-13(20-17(12)15)11-18-14-7-3-4-9-16(14)21-2/h3-10,18H,11H2,1-2H3. The number of rotatable bonds is 5. The lowest BCUT2D eigenvalue weighted by atomic mass is 10.2. The molecule has 0 radical (unpaired) electrons. The Bertz CT molecular complexity index is 751. The molecule has 3 rings (SSSR count). The van der Waals surface area contributed by atoms with Gasteiger partial charge in [0.1, 0.15) is 5.76 Å². The predicted octanol–water partition coefficient (Wildman–Crippen LogP) is 4.78. The van der Waals surface area contributed by atoms with E-state index < -0.39 is 0 Å². The van der Waals surface area contributed by atoms with Crippen molar-refractivity contribution in [1.29, 1.82) is 0 Å². The Morgan fingerprint density at radius 3 is 2.81 bits per heavy atom. The average molecular weight is 299 g/mol. The van der Waals surface area contributed by atoms with E-state index in [1.54, 1.807) is 18.9 Å². The number of thioether (sulfide) groups is 1. The van der Waals surface area contributed by atoms with Crippen LogP contribution in [-0.2, 0) is 6.54 Å². The molecular formula is C17H17NO2S. The van der Waals surface area contributed by atoms with Crippen LogP contribution in [0, 0.1) is 0 Å². The SMILES string of the molecule is COc1cccc2cc(CNc3ccccc3SC)oc12. The van der Waals surface area contributed by atoms with Gasteiger partial charge in [0, 0.05) is 16.0 Å². The van der Waals surface area contributed by atoms with Crippen molar-refractivity contribution in [1.82, 2.24) is 0 Å². The highest BCUT2D eigenvalue weighted by Crippen LogP contribution is 2.29. The van der Waals surface area contributed by atoms with E-state index in [9.17, 15) is 0 Å². The highest BCUT2D eigenvalue weighted by atomic mass is 32.2. The quantitative estimate of drug-likeness (QED) is 0.688. The number of furan rings is 1. The molecule has 1 N–H and O–H groups in total. The van der Waals surface area contributed by atoms with E-state index in [1.165, 1.54) is 4.90 Å². The molecule has 0 saturated heterocycles. The largest absolute Gasteiger partial charge is 0.493 e. The van der Waals surface area contributed by atoms with Crippen LogP contribution in [0.2, 0.25) is 0 Å². The molecular weight excluding hydrogens is 282 g/mol. The lowest BCUT2D eigenvalue weighted by molar-refractivity contribution is 0.408. The third-order valence-corrected chi connectivity index (χ3v) is 4.13. The van der Waals surface area contributed by atoms with Crippen molar-refractivity contribution in [2.75, 3.05) is 18.7 Å². The summed E-state index contributed by atoms with van der Waals surface area (Å²) in [6.07, 6.45) is 2.08. The molecule has 0 atom stereocenters. The van der Waals surface area contributed by atoms with E-state index in [-0.39, 0.29) is 0 Å². The highest BCUT2D eigenvalue weighted by Gasteiger charge is 2.09. The Labute approximate surface area is 128 Å². The van der Waals surface area contributed by atoms with Crippen LogP contribution in [0.4, 0.5) is 5.69 Å². The first-order valence-electron chi connectivity index (χ1n) is 6.74. The Morgan fingerprint density at radius 1 is 1.14 bits per heavy atom. The smallest absolute Gasteiger partial charge is 0.176 e. The van der Waals surface area contributed by atoms with Crippen LogP contribution in [0.25, 0.3) is 11.0 Å². The second-order valence-corrected chi connectivity index (χ2v) is 5.49. The minimum atomic E-state index is 0.648. The summed E-state index contributed by atoms with van der Waals surface area (Å²) in [5.41, 5.74) is 1.92. The van der Waals surface area contributed by atoms with Crippen LogP contribution in [0.5, 0.6) is 5.75 Å². The van der Waals surface area contributed by atoms with Crippen molar-refractivity contribution < 1.29 is 9.15 Å². The average Bonchev–Trinajstić information content (AvgIpc) is 2.96. The highest BCUT2D eigenvalue weighted by molar-refractivity contribution is 7.98. The molecule has 0 saturated carbocycles. The molecule has 21 heavy (non-hydrogen) atoms. The van der Waals surface area contributed by atoms with E-state index in [1.807, 2.05) is 36.4 Å². The minimum Gasteiger partial charge on any atom is -0.493 e. The summed E-state index contributed by atoms with van der Waals surface area (Å²) in [7, 11) is 1.66. The summed E-state index contributed by atoms with van der Waals surface area (Å²) >= 11 is 1.73. The number of hydrogen-bond acceptors (Lipinski definition) is 4. The number of fused-ring (bicyclic) bond motifs is 1. The third-order valence-electron chi connectivity index (χ3n) is 3.34. The molecule has 1 heterocycles. The molecule has 0 fully saturated rings. The number of ether oxygens (including phenoxy) is 1. The Balaban J connectivity index is 1.82. The second kappa shape index (κ2) is 6.14. The normalized spacial score (nSPS) is 10.8. The zero-order valence-corrected chi connectivity index (χ0v) is 12.9. The first kappa shape index (κ1) is 13.9. The summed E-state index contributed by atoms with van der Waals surface area (Å²) in [4.78, 5) is 1.23. The molecule has 0 aliphatic carbocycles. The zero-order valence-electron chi connectivity index (χ0n) is 12.1. The second-order valence-electron chi connectivity index (χ2n) is 4.65. The van der Waals surface area contributed by atoms with Gasteiger partial charge in [-0.25, -0.2) is 0 Å². The van der Waals surface area contributed by atoms with Gasteiger partial charge in [-0.1, -0.05) is 24.3 Å². The monoisotopic (exact) mass is 299 g/mol. The third kappa shape index (κ3) is 2.85. The number of anilines is 1. The molecule has 0 aliphatic rings. The van der Waals surface area contributed by atoms with Crippen LogP contribution in [0.15, 0.2) is 57.8 Å². The molecule has 4 heteroatoms. The molecule has 108 valence electrons. The Morgan fingerprint density at radius 2 is 2.00 bits per heavy atom. The van der Waals surface area contributed by atoms with Crippen LogP contribution >= 0.6 is 11.8 Å². The summed E-state index contributed by atoms with van der Waals surface area (Å²) < 4.78 is 11.2. The summed E-state index contributed by atoms with van der Waals surface area (Å²) in [5, 5.41) is 4.48. The van der Waals surface area contributed by atoms with Crippen LogP contribution in [0.1, 0.15) is 5.76 Å². The van der Waals surface area contributed by atoms with Gasteiger partial charge in [0.25, 0.3) is 0 Å². The number of benzene rings is 2. The number of nitrogens with one attached hydrogen (secondary N) is 1. The van der Waals surface area contributed by atoms with Gasteiger partial charge in [-0.05, 0) is 30.5 Å².